The van der Waals surface area contributed by atoms with Crippen molar-refractivity contribution in [3.8, 4) is 0 Å². The largest absolute Gasteiger partial charge is 0.465 e. The zero-order chi connectivity index (χ0) is 15.1. The minimum Gasteiger partial charge on any atom is -0.465 e. The minimum atomic E-state index is -0.803. The summed E-state index contributed by atoms with van der Waals surface area (Å²) in [5.74, 6) is -1.75. The third-order valence-electron chi connectivity index (χ3n) is 2.57. The monoisotopic (exact) mass is 362 g/mol. The van der Waals surface area contributed by atoms with Crippen LogP contribution in [-0.2, 0) is 19.1 Å². The molecule has 1 aromatic rings. The van der Waals surface area contributed by atoms with Gasteiger partial charge >= 0.3 is 11.9 Å². The van der Waals surface area contributed by atoms with Crippen LogP contribution >= 0.6 is 27.5 Å². The summed E-state index contributed by atoms with van der Waals surface area (Å²) in [7, 11) is 0. The molecule has 0 heterocycles. The molecule has 0 aliphatic heterocycles. The minimum absolute atomic E-state index is 0.242. The Labute approximate surface area is 131 Å². The number of carbonyl (C=O) groups is 2. The van der Waals surface area contributed by atoms with Crippen LogP contribution in [0.15, 0.2) is 24.3 Å². The highest BCUT2D eigenvalue weighted by atomic mass is 79.9. The van der Waals surface area contributed by atoms with Gasteiger partial charge in [0, 0.05) is 5.02 Å². The van der Waals surface area contributed by atoms with E-state index >= 15 is 0 Å². The maximum atomic E-state index is 12.1. The van der Waals surface area contributed by atoms with Crippen molar-refractivity contribution in [2.24, 2.45) is 0 Å². The van der Waals surface area contributed by atoms with Crippen LogP contribution in [0, 0.1) is 0 Å². The van der Waals surface area contributed by atoms with Gasteiger partial charge in [-0.15, -0.1) is 0 Å². The lowest BCUT2D eigenvalue weighted by atomic mass is 9.96. The normalized spacial score (nSPS) is 13.4. The van der Waals surface area contributed by atoms with E-state index < -0.39 is 22.7 Å². The zero-order valence-corrected chi connectivity index (χ0v) is 13.6. The molecule has 4 nitrogen and oxygen atoms in total. The maximum absolute atomic E-state index is 12.1. The molecule has 1 aromatic carbocycles. The number of alkyl halides is 1. The number of halogens is 2. The summed E-state index contributed by atoms with van der Waals surface area (Å²) < 4.78 is 9.97. The molecule has 0 amide bonds. The smallest absolute Gasteiger partial charge is 0.320 e. The molecule has 1 rings (SSSR count). The number of esters is 2. The molecule has 0 unspecified atom stereocenters. The number of ether oxygens (including phenoxy) is 2. The highest BCUT2D eigenvalue weighted by Crippen LogP contribution is 2.28. The SMILES string of the molecule is CCOC(=O)[C@@H](Br)[C@H](C(=O)OCC)c1ccc(Cl)cc1. The predicted molar refractivity (Wildman–Crippen MR) is 80.2 cm³/mol. The molecule has 20 heavy (non-hydrogen) atoms. The predicted octanol–water partition coefficient (Wildman–Crippen LogP) is 3.31. The van der Waals surface area contributed by atoms with Gasteiger partial charge in [0.25, 0.3) is 0 Å². The van der Waals surface area contributed by atoms with Crippen molar-refractivity contribution in [3.63, 3.8) is 0 Å². The number of hydrogen-bond donors (Lipinski definition) is 0. The summed E-state index contributed by atoms with van der Waals surface area (Å²) >= 11 is 9.06. The molecule has 6 heteroatoms. The molecular weight excluding hydrogens is 348 g/mol. The van der Waals surface area contributed by atoms with Crippen LogP contribution in [0.4, 0.5) is 0 Å². The molecule has 2 atom stereocenters. The first-order valence-electron chi connectivity index (χ1n) is 6.24. The molecule has 110 valence electrons. The Morgan fingerprint density at radius 3 is 2.10 bits per heavy atom. The van der Waals surface area contributed by atoms with Gasteiger partial charge in [0.2, 0.25) is 0 Å². The molecule has 0 bridgehead atoms. The van der Waals surface area contributed by atoms with Crippen LogP contribution in [-0.4, -0.2) is 30.0 Å². The van der Waals surface area contributed by atoms with Crippen molar-refractivity contribution in [2.75, 3.05) is 13.2 Å². The summed E-state index contributed by atoms with van der Waals surface area (Å²) in [4.78, 5) is 23.1. The first-order chi connectivity index (χ1) is 9.51. The second-order valence-corrected chi connectivity index (χ2v) is 5.36. The zero-order valence-electron chi connectivity index (χ0n) is 11.3. The van der Waals surface area contributed by atoms with Crippen LogP contribution < -0.4 is 0 Å². The topological polar surface area (TPSA) is 52.6 Å². The molecule has 0 aliphatic carbocycles. The van der Waals surface area contributed by atoms with Crippen molar-refractivity contribution in [2.45, 2.75) is 24.6 Å². The van der Waals surface area contributed by atoms with E-state index in [0.29, 0.717) is 10.6 Å². The Morgan fingerprint density at radius 2 is 1.60 bits per heavy atom. The average Bonchev–Trinajstić information content (AvgIpc) is 2.41. The van der Waals surface area contributed by atoms with Gasteiger partial charge in [-0.05, 0) is 31.5 Å². The fourth-order valence-corrected chi connectivity index (χ4v) is 2.46. The van der Waals surface area contributed by atoms with Crippen molar-refractivity contribution in [1.82, 2.24) is 0 Å². The van der Waals surface area contributed by atoms with Gasteiger partial charge in [-0.25, -0.2) is 0 Å². The Balaban J connectivity index is 3.04. The lowest BCUT2D eigenvalue weighted by Crippen LogP contribution is -2.31. The number of carbonyl (C=O) groups excluding carboxylic acids is 2. The second kappa shape index (κ2) is 8.27. The first kappa shape index (κ1) is 17.0. The van der Waals surface area contributed by atoms with Gasteiger partial charge in [-0.1, -0.05) is 39.7 Å². The van der Waals surface area contributed by atoms with E-state index in [9.17, 15) is 9.59 Å². The quantitative estimate of drug-likeness (QED) is 0.575. The standard InChI is InChI=1S/C14H16BrClO4/c1-3-19-13(17)11(12(15)14(18)20-4-2)9-5-7-10(16)8-6-9/h5-8,11-12H,3-4H2,1-2H3/t11-,12+/m1/s1. The average molecular weight is 364 g/mol. The van der Waals surface area contributed by atoms with Crippen LogP contribution in [0.3, 0.4) is 0 Å². The third kappa shape index (κ3) is 4.49. The fraction of sp³-hybridized carbons (Fsp3) is 0.429. The van der Waals surface area contributed by atoms with Crippen LogP contribution in [0.2, 0.25) is 5.02 Å². The van der Waals surface area contributed by atoms with E-state index in [2.05, 4.69) is 15.9 Å². The van der Waals surface area contributed by atoms with E-state index in [1.165, 1.54) is 0 Å². The van der Waals surface area contributed by atoms with Crippen LogP contribution in [0.5, 0.6) is 0 Å². The molecule has 0 aromatic heterocycles. The molecule has 0 fully saturated rings. The molecule has 0 saturated carbocycles. The highest BCUT2D eigenvalue weighted by molar-refractivity contribution is 9.10. The van der Waals surface area contributed by atoms with E-state index in [1.54, 1.807) is 38.1 Å². The van der Waals surface area contributed by atoms with E-state index in [4.69, 9.17) is 21.1 Å². The number of rotatable bonds is 6. The molecule has 0 radical (unpaired) electrons. The van der Waals surface area contributed by atoms with Crippen LogP contribution in [0.25, 0.3) is 0 Å². The Kier molecular flexibility index (Phi) is 7.02. The van der Waals surface area contributed by atoms with Crippen molar-refractivity contribution >= 4 is 39.5 Å². The molecular formula is C14H16BrClO4. The number of benzene rings is 1. The van der Waals surface area contributed by atoms with E-state index in [-0.39, 0.29) is 13.2 Å². The van der Waals surface area contributed by atoms with Crippen molar-refractivity contribution in [1.29, 1.82) is 0 Å². The summed E-state index contributed by atoms with van der Waals surface area (Å²) in [6.45, 7) is 3.91. The van der Waals surface area contributed by atoms with E-state index in [1.807, 2.05) is 0 Å². The first-order valence-corrected chi connectivity index (χ1v) is 7.53. The van der Waals surface area contributed by atoms with Gasteiger partial charge in [-0.2, -0.15) is 0 Å². The van der Waals surface area contributed by atoms with Crippen LogP contribution in [0.1, 0.15) is 25.3 Å². The fourth-order valence-electron chi connectivity index (χ4n) is 1.68. The van der Waals surface area contributed by atoms with Gasteiger partial charge in [0.05, 0.1) is 13.2 Å². The molecule has 0 aliphatic rings. The highest BCUT2D eigenvalue weighted by Gasteiger charge is 2.35. The van der Waals surface area contributed by atoms with Crippen molar-refractivity contribution in [3.05, 3.63) is 34.9 Å². The molecule has 0 saturated heterocycles. The Hall–Kier alpha value is -1.07. The van der Waals surface area contributed by atoms with Gasteiger partial charge < -0.3 is 9.47 Å². The molecule has 0 N–H and O–H groups in total. The number of hydrogen-bond acceptors (Lipinski definition) is 4. The van der Waals surface area contributed by atoms with Gasteiger partial charge in [0.1, 0.15) is 10.7 Å². The van der Waals surface area contributed by atoms with Gasteiger partial charge in [-0.3, -0.25) is 9.59 Å². The lowest BCUT2D eigenvalue weighted by Gasteiger charge is -2.20. The maximum Gasteiger partial charge on any atom is 0.320 e. The lowest BCUT2D eigenvalue weighted by molar-refractivity contribution is -0.150. The van der Waals surface area contributed by atoms with Crippen molar-refractivity contribution < 1.29 is 19.1 Å². The summed E-state index contributed by atoms with van der Waals surface area (Å²) in [6, 6.07) is 6.71. The van der Waals surface area contributed by atoms with E-state index in [0.717, 1.165) is 0 Å². The third-order valence-corrected chi connectivity index (χ3v) is 3.73. The Morgan fingerprint density at radius 1 is 1.10 bits per heavy atom. The second-order valence-electron chi connectivity index (χ2n) is 3.94. The summed E-state index contributed by atoms with van der Waals surface area (Å²) in [6.07, 6.45) is 0. The van der Waals surface area contributed by atoms with Gasteiger partial charge in [0.15, 0.2) is 0 Å². The Bertz CT molecular complexity index is 461. The summed E-state index contributed by atoms with van der Waals surface area (Å²) in [5.41, 5.74) is 0.641. The summed E-state index contributed by atoms with van der Waals surface area (Å²) in [5, 5.41) is 0.554. The molecule has 0 spiro atoms.